The van der Waals surface area contributed by atoms with E-state index < -0.39 is 0 Å². The lowest BCUT2D eigenvalue weighted by molar-refractivity contribution is 0.303. The average molecular weight is 458 g/mol. The predicted octanol–water partition coefficient (Wildman–Crippen LogP) is 5.50. The molecule has 0 amide bonds. The van der Waals surface area contributed by atoms with Crippen LogP contribution in [-0.4, -0.2) is 25.2 Å². The zero-order valence-electron chi connectivity index (χ0n) is 18.7. The second kappa shape index (κ2) is 8.37. The Morgan fingerprint density at radius 1 is 1.06 bits per heavy atom. The molecule has 7 heteroatoms. The molecule has 0 radical (unpaired) electrons. The van der Waals surface area contributed by atoms with Gasteiger partial charge >= 0.3 is 0 Å². The van der Waals surface area contributed by atoms with Crippen molar-refractivity contribution < 1.29 is 4.74 Å². The van der Waals surface area contributed by atoms with Crippen LogP contribution in [0.5, 0.6) is 5.75 Å². The Balaban J connectivity index is 1.31. The third-order valence-electron chi connectivity index (χ3n) is 7.55. The normalized spacial score (nSPS) is 23.8. The molecule has 0 aliphatic heterocycles. The van der Waals surface area contributed by atoms with Crippen LogP contribution in [-0.2, 0) is 18.6 Å². The first-order valence-electron chi connectivity index (χ1n) is 11.7. The summed E-state index contributed by atoms with van der Waals surface area (Å²) in [5, 5.41) is 15.1. The molecule has 2 fully saturated rings. The smallest absolute Gasteiger partial charge is 0.181 e. The zero-order valence-corrected chi connectivity index (χ0v) is 19.5. The van der Waals surface area contributed by atoms with E-state index in [9.17, 15) is 0 Å². The summed E-state index contributed by atoms with van der Waals surface area (Å²) in [6.07, 6.45) is 7.05. The van der Waals surface area contributed by atoms with Crippen LogP contribution in [0.15, 0.2) is 60.1 Å². The summed E-state index contributed by atoms with van der Waals surface area (Å²) in [6.45, 7) is 3.34. The third-order valence-corrected chi connectivity index (χ3v) is 8.31. The number of hydrogen-bond acceptors (Lipinski definition) is 6. The molecule has 2 heterocycles. The Morgan fingerprint density at radius 2 is 1.85 bits per heavy atom. The molecule has 0 spiro atoms. The number of ether oxygens (including phenoxy) is 1. The van der Waals surface area contributed by atoms with Crippen LogP contribution in [0.3, 0.4) is 0 Å². The fraction of sp³-hybridized carbons (Fsp3) is 0.385. The largest absolute Gasteiger partial charge is 0.486 e. The predicted molar refractivity (Wildman–Crippen MR) is 128 cm³/mol. The minimum absolute atomic E-state index is 0.0754. The summed E-state index contributed by atoms with van der Waals surface area (Å²) >= 11 is 1.62. The van der Waals surface area contributed by atoms with Crippen LogP contribution in [0.2, 0.25) is 0 Å². The van der Waals surface area contributed by atoms with Crippen LogP contribution in [0.4, 0.5) is 0 Å². The van der Waals surface area contributed by atoms with Crippen LogP contribution < -0.4 is 4.74 Å². The van der Waals surface area contributed by atoms with Gasteiger partial charge in [-0.2, -0.15) is 0 Å². The first-order chi connectivity index (χ1) is 16.3. The summed E-state index contributed by atoms with van der Waals surface area (Å²) in [4.78, 5) is 4.30. The van der Waals surface area contributed by atoms with Crippen LogP contribution in [0.25, 0.3) is 11.4 Å². The number of rotatable bonds is 7. The maximum atomic E-state index is 5.97. The Hall–Kier alpha value is -3.06. The number of tetrazole rings is 1. The van der Waals surface area contributed by atoms with E-state index in [-0.39, 0.29) is 5.41 Å². The van der Waals surface area contributed by atoms with Crippen molar-refractivity contribution >= 4 is 11.3 Å². The molecule has 3 atom stereocenters. The molecule has 33 heavy (non-hydrogen) atoms. The number of fused-ring (bicyclic) bond motifs is 2. The highest BCUT2D eigenvalue weighted by atomic mass is 32.1. The SMILES string of the molecule is CCn1nnnc1-c1ccc([C@]2(c3ccc(OCc4nccs4)cc3)C[C@@H]3CC[C@H]2C3)cc1. The Bertz CT molecular complexity index is 1220. The van der Waals surface area contributed by atoms with Crippen LogP contribution in [0.1, 0.15) is 48.7 Å². The topological polar surface area (TPSA) is 65.7 Å². The second-order valence-electron chi connectivity index (χ2n) is 9.19. The molecule has 168 valence electrons. The highest BCUT2D eigenvalue weighted by molar-refractivity contribution is 7.09. The molecule has 0 unspecified atom stereocenters. The number of aryl methyl sites for hydroxylation is 1. The zero-order chi connectivity index (χ0) is 22.3. The quantitative estimate of drug-likeness (QED) is 0.367. The summed E-state index contributed by atoms with van der Waals surface area (Å²) in [6, 6.07) is 17.8. The summed E-state index contributed by atoms with van der Waals surface area (Å²) in [5.74, 6) is 3.24. The summed E-state index contributed by atoms with van der Waals surface area (Å²) in [5.41, 5.74) is 3.95. The Kier molecular flexibility index (Phi) is 5.21. The maximum Gasteiger partial charge on any atom is 0.181 e. The molecule has 2 saturated carbocycles. The molecule has 0 N–H and O–H groups in total. The first-order valence-corrected chi connectivity index (χ1v) is 12.6. The minimum Gasteiger partial charge on any atom is -0.486 e. The van der Waals surface area contributed by atoms with Gasteiger partial charge in [0.15, 0.2) is 5.82 Å². The molecule has 2 bridgehead atoms. The van der Waals surface area contributed by atoms with Crippen molar-refractivity contribution in [2.75, 3.05) is 0 Å². The molecule has 2 aromatic carbocycles. The van der Waals surface area contributed by atoms with Crippen molar-refractivity contribution in [3.05, 3.63) is 76.2 Å². The molecular formula is C26H27N5OS. The van der Waals surface area contributed by atoms with E-state index in [0.29, 0.717) is 12.5 Å². The monoisotopic (exact) mass is 457 g/mol. The highest BCUT2D eigenvalue weighted by Crippen LogP contribution is 2.60. The number of aromatic nitrogens is 5. The lowest BCUT2D eigenvalue weighted by Gasteiger charge is -2.39. The van der Waals surface area contributed by atoms with E-state index in [2.05, 4.69) is 76.0 Å². The van der Waals surface area contributed by atoms with Crippen molar-refractivity contribution in [3.63, 3.8) is 0 Å². The average Bonchev–Trinajstić information content (AvgIpc) is 3.67. The minimum atomic E-state index is 0.0754. The number of thiazole rings is 1. The van der Waals surface area contributed by atoms with Gasteiger partial charge in [-0.3, -0.25) is 0 Å². The van der Waals surface area contributed by atoms with Gasteiger partial charge in [-0.25, -0.2) is 9.67 Å². The van der Waals surface area contributed by atoms with E-state index in [0.717, 1.165) is 34.6 Å². The fourth-order valence-corrected chi connectivity index (χ4v) is 6.59. The van der Waals surface area contributed by atoms with Crippen molar-refractivity contribution in [1.82, 2.24) is 25.2 Å². The third kappa shape index (κ3) is 3.55. The van der Waals surface area contributed by atoms with E-state index in [1.54, 1.807) is 11.3 Å². The fourth-order valence-electron chi connectivity index (χ4n) is 6.06. The van der Waals surface area contributed by atoms with Crippen molar-refractivity contribution in [2.24, 2.45) is 11.8 Å². The molecule has 2 aromatic heterocycles. The van der Waals surface area contributed by atoms with Gasteiger partial charge in [-0.15, -0.1) is 16.4 Å². The van der Waals surface area contributed by atoms with E-state index in [1.807, 2.05) is 16.3 Å². The molecule has 4 aromatic rings. The lowest BCUT2D eigenvalue weighted by atomic mass is 9.64. The molecule has 0 saturated heterocycles. The standard InChI is InChI=1S/C26H27N5OS/c1-2-31-25(28-29-30-31)19-4-7-20(8-5-19)26(16-18-3-6-22(26)15-18)21-9-11-23(12-10-21)32-17-24-27-13-14-33-24/h4-5,7-14,18,22H,2-3,6,15-17H2,1H3/t18-,22+,26+/m1/s1. The van der Waals surface area contributed by atoms with Gasteiger partial charge in [0.1, 0.15) is 17.4 Å². The van der Waals surface area contributed by atoms with Gasteiger partial charge in [0.05, 0.1) is 0 Å². The van der Waals surface area contributed by atoms with E-state index in [4.69, 9.17) is 4.74 Å². The molecule has 6 nitrogen and oxygen atoms in total. The highest BCUT2D eigenvalue weighted by Gasteiger charge is 2.52. The molecular weight excluding hydrogens is 430 g/mol. The number of hydrogen-bond donors (Lipinski definition) is 0. The van der Waals surface area contributed by atoms with Gasteiger partial charge in [0, 0.05) is 29.1 Å². The van der Waals surface area contributed by atoms with Gasteiger partial charge < -0.3 is 4.74 Å². The van der Waals surface area contributed by atoms with Crippen LogP contribution in [0, 0.1) is 11.8 Å². The Labute approximate surface area is 197 Å². The Morgan fingerprint density at radius 3 is 2.48 bits per heavy atom. The molecule has 2 aliphatic rings. The molecule has 6 rings (SSSR count). The summed E-state index contributed by atoms with van der Waals surface area (Å²) < 4.78 is 7.81. The molecule has 2 aliphatic carbocycles. The van der Waals surface area contributed by atoms with Gasteiger partial charge in [-0.05, 0) is 71.7 Å². The number of benzene rings is 2. The van der Waals surface area contributed by atoms with Crippen molar-refractivity contribution in [1.29, 1.82) is 0 Å². The lowest BCUT2D eigenvalue weighted by Crippen LogP contribution is -2.34. The second-order valence-corrected chi connectivity index (χ2v) is 10.2. The number of nitrogens with zero attached hydrogens (tertiary/aromatic N) is 5. The first kappa shape index (κ1) is 20.5. The van der Waals surface area contributed by atoms with Gasteiger partial charge in [0.25, 0.3) is 0 Å². The summed E-state index contributed by atoms with van der Waals surface area (Å²) in [7, 11) is 0. The van der Waals surface area contributed by atoms with E-state index in [1.165, 1.54) is 36.8 Å². The van der Waals surface area contributed by atoms with Gasteiger partial charge in [0.2, 0.25) is 0 Å². The van der Waals surface area contributed by atoms with Crippen molar-refractivity contribution in [3.8, 4) is 17.1 Å². The van der Waals surface area contributed by atoms with Crippen LogP contribution >= 0.6 is 11.3 Å². The van der Waals surface area contributed by atoms with Crippen molar-refractivity contribution in [2.45, 2.75) is 51.2 Å². The van der Waals surface area contributed by atoms with Gasteiger partial charge in [-0.1, -0.05) is 42.8 Å². The van der Waals surface area contributed by atoms with E-state index >= 15 is 0 Å². The maximum absolute atomic E-state index is 5.97.